The number of nitrogens with zero attached hydrogens (tertiary/aromatic N) is 1. The third-order valence-electron chi connectivity index (χ3n) is 4.39. The summed E-state index contributed by atoms with van der Waals surface area (Å²) in [5, 5.41) is 2.88. The Kier molecular flexibility index (Phi) is 8.56. The van der Waals surface area contributed by atoms with Gasteiger partial charge >= 0.3 is 0 Å². The van der Waals surface area contributed by atoms with Crippen LogP contribution in [-0.4, -0.2) is 17.0 Å². The van der Waals surface area contributed by atoms with Crippen LogP contribution >= 0.6 is 0 Å². The highest BCUT2D eigenvalue weighted by molar-refractivity contribution is 5.96. The molecule has 0 aromatic carbocycles. The summed E-state index contributed by atoms with van der Waals surface area (Å²) < 4.78 is 1.55. The van der Waals surface area contributed by atoms with Gasteiger partial charge in [-0.15, -0.1) is 0 Å². The lowest BCUT2D eigenvalue weighted by atomic mass is 9.97. The molecule has 0 aliphatic rings. The highest BCUT2D eigenvalue weighted by atomic mass is 16.2. The first-order chi connectivity index (χ1) is 12.4. The van der Waals surface area contributed by atoms with E-state index in [0.29, 0.717) is 13.0 Å². The van der Waals surface area contributed by atoms with Gasteiger partial charge in [-0.1, -0.05) is 49.5 Å². The number of aromatic nitrogens is 1. The van der Waals surface area contributed by atoms with Crippen LogP contribution in [0.5, 0.6) is 0 Å². The van der Waals surface area contributed by atoms with Crippen LogP contribution in [0.1, 0.15) is 54.9 Å². The summed E-state index contributed by atoms with van der Waals surface area (Å²) in [7, 11) is 1.71. The minimum Gasteiger partial charge on any atom is -0.348 e. The molecule has 0 radical (unpaired) electrons. The molecule has 4 heteroatoms. The number of carbonyl (C=O) groups is 1. The molecule has 0 fully saturated rings. The first-order valence-corrected chi connectivity index (χ1v) is 9.00. The fourth-order valence-electron chi connectivity index (χ4n) is 2.81. The molecule has 1 aromatic rings. The van der Waals surface area contributed by atoms with Gasteiger partial charge < -0.3 is 9.88 Å². The van der Waals surface area contributed by atoms with Gasteiger partial charge in [0, 0.05) is 19.3 Å². The van der Waals surface area contributed by atoms with E-state index in [1.54, 1.807) is 11.6 Å². The zero-order valence-corrected chi connectivity index (χ0v) is 16.7. The average molecular weight is 354 g/mol. The third kappa shape index (κ3) is 4.94. The molecule has 0 atom stereocenters. The zero-order chi connectivity index (χ0) is 19.7. The van der Waals surface area contributed by atoms with Crippen LogP contribution in [-0.2, 0) is 13.5 Å². The minimum atomic E-state index is -0.327. The molecular formula is C22H30N2O2. The van der Waals surface area contributed by atoms with Crippen molar-refractivity contribution in [1.82, 2.24) is 9.88 Å². The van der Waals surface area contributed by atoms with Gasteiger partial charge in [0.25, 0.3) is 11.5 Å². The summed E-state index contributed by atoms with van der Waals surface area (Å²) in [4.78, 5) is 25.6. The molecule has 0 saturated carbocycles. The molecule has 0 saturated heterocycles. The fraction of sp³-hybridized carbons (Fsp3) is 0.364. The molecule has 0 spiro atoms. The Labute approximate surface area is 156 Å². The van der Waals surface area contributed by atoms with Gasteiger partial charge in [0.15, 0.2) is 0 Å². The first-order valence-electron chi connectivity index (χ1n) is 9.00. The molecule has 140 valence electrons. The lowest BCUT2D eigenvalue weighted by Gasteiger charge is -2.17. The fourth-order valence-corrected chi connectivity index (χ4v) is 2.81. The van der Waals surface area contributed by atoms with E-state index >= 15 is 0 Å². The number of rotatable bonds is 7. The van der Waals surface area contributed by atoms with Gasteiger partial charge in [0.05, 0.1) is 0 Å². The number of hydrogen-bond donors (Lipinski definition) is 1. The molecule has 0 aliphatic carbocycles. The Balaban J connectivity index is 3.41. The smallest absolute Gasteiger partial charge is 0.263 e. The number of carbonyl (C=O) groups excluding carboxylic acids is 1. The number of hydrogen-bond acceptors (Lipinski definition) is 2. The predicted octanol–water partition coefficient (Wildman–Crippen LogP) is 4.10. The van der Waals surface area contributed by atoms with Gasteiger partial charge in [0.1, 0.15) is 5.56 Å². The van der Waals surface area contributed by atoms with Crippen molar-refractivity contribution < 1.29 is 4.79 Å². The van der Waals surface area contributed by atoms with E-state index in [1.807, 2.05) is 77.2 Å². The summed E-state index contributed by atoms with van der Waals surface area (Å²) in [5.74, 6) is -0.327. The van der Waals surface area contributed by atoms with Crippen molar-refractivity contribution >= 4 is 12.0 Å². The quantitative estimate of drug-likeness (QED) is 0.750. The van der Waals surface area contributed by atoms with Crippen LogP contribution in [0.3, 0.4) is 0 Å². The molecule has 0 aliphatic heterocycles. The Morgan fingerprint density at radius 2 is 1.85 bits per heavy atom. The monoisotopic (exact) mass is 354 g/mol. The highest BCUT2D eigenvalue weighted by Gasteiger charge is 2.21. The van der Waals surface area contributed by atoms with Crippen molar-refractivity contribution in [3.63, 3.8) is 0 Å². The molecule has 1 amide bonds. The molecule has 26 heavy (non-hydrogen) atoms. The molecule has 1 N–H and O–H groups in total. The second-order valence-electron chi connectivity index (χ2n) is 6.00. The van der Waals surface area contributed by atoms with E-state index in [2.05, 4.69) is 5.32 Å². The van der Waals surface area contributed by atoms with Gasteiger partial charge in [-0.25, -0.2) is 0 Å². The van der Waals surface area contributed by atoms with Gasteiger partial charge in [-0.2, -0.15) is 0 Å². The van der Waals surface area contributed by atoms with Crippen LogP contribution in [0.15, 0.2) is 46.8 Å². The lowest BCUT2D eigenvalue weighted by Crippen LogP contribution is -2.36. The second-order valence-corrected chi connectivity index (χ2v) is 6.00. The maximum absolute atomic E-state index is 12.8. The van der Waals surface area contributed by atoms with E-state index in [-0.39, 0.29) is 17.0 Å². The molecule has 1 aromatic heterocycles. The van der Waals surface area contributed by atoms with Crippen LogP contribution in [0.4, 0.5) is 0 Å². The highest BCUT2D eigenvalue weighted by Crippen LogP contribution is 2.19. The standard InChI is InChI=1S/C22H30N2O2/c1-7-11-12-14-19-16(5)24(6)22(26)20(18(19)10-4)21(25)23-15-17(9-3)13-8-2/h7-9,11-14H,10,15H2,1-6H3,(H,23,25)/b11-7+,13-8-,14-12-,17-9+. The van der Waals surface area contributed by atoms with Crippen molar-refractivity contribution in [2.75, 3.05) is 6.54 Å². The van der Waals surface area contributed by atoms with Crippen molar-refractivity contribution in [2.24, 2.45) is 7.05 Å². The average Bonchev–Trinajstić information content (AvgIpc) is 2.64. The van der Waals surface area contributed by atoms with Crippen molar-refractivity contribution in [3.05, 3.63) is 74.8 Å². The number of allylic oxidation sites excluding steroid dienone is 5. The SMILES string of the molecule is C/C=C\C(=C/C)CNC(=O)c1c(CC)c(/C=C\C=C\C)c(C)n(C)c1=O. The largest absolute Gasteiger partial charge is 0.348 e. The van der Waals surface area contributed by atoms with Crippen molar-refractivity contribution in [1.29, 1.82) is 0 Å². The zero-order valence-electron chi connectivity index (χ0n) is 16.7. The van der Waals surface area contributed by atoms with Crippen LogP contribution in [0, 0.1) is 6.92 Å². The maximum Gasteiger partial charge on any atom is 0.263 e. The van der Waals surface area contributed by atoms with E-state index in [0.717, 1.165) is 22.4 Å². The number of nitrogens with one attached hydrogen (secondary N) is 1. The number of amides is 1. The van der Waals surface area contributed by atoms with Crippen LogP contribution in [0.25, 0.3) is 6.08 Å². The molecule has 4 nitrogen and oxygen atoms in total. The second kappa shape index (κ2) is 10.4. The summed E-state index contributed by atoms with van der Waals surface area (Å²) in [5.41, 5.74) is 3.54. The van der Waals surface area contributed by atoms with Crippen LogP contribution in [0.2, 0.25) is 0 Å². The summed E-state index contributed by atoms with van der Waals surface area (Å²) in [6.07, 6.45) is 14.2. The Morgan fingerprint density at radius 3 is 2.38 bits per heavy atom. The van der Waals surface area contributed by atoms with Gasteiger partial charge in [0.2, 0.25) is 0 Å². The summed E-state index contributed by atoms with van der Waals surface area (Å²) in [6.45, 7) is 10.1. The normalized spacial score (nSPS) is 12.6. The summed E-state index contributed by atoms with van der Waals surface area (Å²) in [6, 6.07) is 0. The molecule has 0 unspecified atom stereocenters. The molecule has 0 bridgehead atoms. The van der Waals surface area contributed by atoms with Crippen molar-refractivity contribution in [2.45, 2.75) is 41.0 Å². The van der Waals surface area contributed by atoms with E-state index < -0.39 is 0 Å². The molecule has 1 heterocycles. The van der Waals surface area contributed by atoms with E-state index in [1.165, 1.54) is 0 Å². The van der Waals surface area contributed by atoms with E-state index in [9.17, 15) is 9.59 Å². The minimum absolute atomic E-state index is 0.233. The van der Waals surface area contributed by atoms with E-state index in [4.69, 9.17) is 0 Å². The summed E-state index contributed by atoms with van der Waals surface area (Å²) >= 11 is 0. The van der Waals surface area contributed by atoms with Gasteiger partial charge in [-0.3, -0.25) is 9.59 Å². The Hall–Kier alpha value is -2.62. The molecule has 1 rings (SSSR count). The Bertz CT molecular complexity index is 822. The van der Waals surface area contributed by atoms with Crippen LogP contribution < -0.4 is 10.9 Å². The lowest BCUT2D eigenvalue weighted by molar-refractivity contribution is 0.0954. The predicted molar refractivity (Wildman–Crippen MR) is 111 cm³/mol. The third-order valence-corrected chi connectivity index (χ3v) is 4.39. The molecular weight excluding hydrogens is 324 g/mol. The topological polar surface area (TPSA) is 51.1 Å². The number of pyridine rings is 1. The van der Waals surface area contributed by atoms with Crippen molar-refractivity contribution in [3.8, 4) is 0 Å². The maximum atomic E-state index is 12.8. The van der Waals surface area contributed by atoms with Gasteiger partial charge in [-0.05, 0) is 50.8 Å². The Morgan fingerprint density at radius 1 is 1.15 bits per heavy atom. The first kappa shape index (κ1) is 21.4.